The van der Waals surface area contributed by atoms with Gasteiger partial charge in [0.05, 0.1) is 5.92 Å². The molecule has 3 nitrogen and oxygen atoms in total. The van der Waals surface area contributed by atoms with Crippen molar-refractivity contribution in [2.24, 2.45) is 17.6 Å². The minimum Gasteiger partial charge on any atom is -0.462 e. The molecule has 0 heterocycles. The number of esters is 1. The first-order chi connectivity index (χ1) is 8.81. The first-order valence-electron chi connectivity index (χ1n) is 7.72. The van der Waals surface area contributed by atoms with Crippen LogP contribution in [0.25, 0.3) is 0 Å². The average molecular weight is 253 g/mol. The third-order valence-corrected chi connectivity index (χ3v) is 4.60. The molecular weight excluding hydrogens is 226 g/mol. The van der Waals surface area contributed by atoms with Gasteiger partial charge in [-0.1, -0.05) is 25.7 Å². The van der Waals surface area contributed by atoms with Gasteiger partial charge >= 0.3 is 5.97 Å². The maximum Gasteiger partial charge on any atom is 0.309 e. The van der Waals surface area contributed by atoms with E-state index in [4.69, 9.17) is 10.5 Å². The van der Waals surface area contributed by atoms with Gasteiger partial charge < -0.3 is 10.5 Å². The number of carbonyl (C=O) groups excluding carboxylic acids is 1. The molecule has 104 valence electrons. The topological polar surface area (TPSA) is 52.3 Å². The van der Waals surface area contributed by atoms with E-state index in [0.717, 1.165) is 32.1 Å². The molecule has 0 amide bonds. The molecule has 0 bridgehead atoms. The summed E-state index contributed by atoms with van der Waals surface area (Å²) in [5.41, 5.74) is 5.78. The Morgan fingerprint density at radius 1 is 0.944 bits per heavy atom. The van der Waals surface area contributed by atoms with Crippen molar-refractivity contribution in [3.8, 4) is 0 Å². The van der Waals surface area contributed by atoms with E-state index in [2.05, 4.69) is 0 Å². The monoisotopic (exact) mass is 253 g/mol. The summed E-state index contributed by atoms with van der Waals surface area (Å²) in [6.45, 7) is 0.629. The van der Waals surface area contributed by atoms with Crippen LogP contribution in [0.1, 0.15) is 64.2 Å². The van der Waals surface area contributed by atoms with Gasteiger partial charge in [-0.05, 0) is 51.0 Å². The highest BCUT2D eigenvalue weighted by atomic mass is 16.5. The fourth-order valence-electron chi connectivity index (χ4n) is 3.41. The highest BCUT2D eigenvalue weighted by molar-refractivity contribution is 5.73. The van der Waals surface area contributed by atoms with Crippen LogP contribution in [0.5, 0.6) is 0 Å². The molecule has 2 N–H and O–H groups in total. The molecule has 0 aromatic heterocycles. The lowest BCUT2D eigenvalue weighted by molar-refractivity contribution is -0.157. The molecule has 2 rings (SSSR count). The van der Waals surface area contributed by atoms with E-state index >= 15 is 0 Å². The summed E-state index contributed by atoms with van der Waals surface area (Å²) in [4.78, 5) is 12.3. The van der Waals surface area contributed by atoms with Gasteiger partial charge in [-0.25, -0.2) is 0 Å². The summed E-state index contributed by atoms with van der Waals surface area (Å²) in [7, 11) is 0. The molecule has 2 saturated carbocycles. The molecule has 18 heavy (non-hydrogen) atoms. The lowest BCUT2D eigenvalue weighted by Crippen LogP contribution is -2.35. The molecule has 0 aromatic carbocycles. The Labute approximate surface area is 110 Å². The summed E-state index contributed by atoms with van der Waals surface area (Å²) < 4.78 is 5.75. The number of ether oxygens (including phenoxy) is 1. The smallest absolute Gasteiger partial charge is 0.309 e. The fourth-order valence-corrected chi connectivity index (χ4v) is 3.41. The van der Waals surface area contributed by atoms with Gasteiger partial charge in [0.1, 0.15) is 6.10 Å². The van der Waals surface area contributed by atoms with Crippen LogP contribution < -0.4 is 5.73 Å². The minimum atomic E-state index is 0.0389. The minimum absolute atomic E-state index is 0.0389. The van der Waals surface area contributed by atoms with Gasteiger partial charge in [-0.15, -0.1) is 0 Å². The Kier molecular flexibility index (Phi) is 5.48. The van der Waals surface area contributed by atoms with Gasteiger partial charge in [-0.2, -0.15) is 0 Å². The Morgan fingerprint density at radius 3 is 2.22 bits per heavy atom. The molecule has 0 radical (unpaired) electrons. The molecule has 2 unspecified atom stereocenters. The van der Waals surface area contributed by atoms with E-state index < -0.39 is 0 Å². The maximum atomic E-state index is 12.3. The third kappa shape index (κ3) is 3.71. The van der Waals surface area contributed by atoms with Crippen LogP contribution in [0.15, 0.2) is 0 Å². The number of rotatable bonds is 3. The van der Waals surface area contributed by atoms with E-state index in [9.17, 15) is 4.79 Å². The zero-order chi connectivity index (χ0) is 12.8. The van der Waals surface area contributed by atoms with Crippen LogP contribution in [0.3, 0.4) is 0 Å². The molecule has 0 spiro atoms. The molecule has 0 aromatic rings. The van der Waals surface area contributed by atoms with Crippen molar-refractivity contribution >= 4 is 5.97 Å². The number of carbonyl (C=O) groups is 1. The molecule has 0 saturated heterocycles. The molecule has 0 aliphatic heterocycles. The Bertz CT molecular complexity index is 259. The van der Waals surface area contributed by atoms with Crippen molar-refractivity contribution in [2.75, 3.05) is 6.54 Å². The largest absolute Gasteiger partial charge is 0.462 e. The highest BCUT2D eigenvalue weighted by Crippen LogP contribution is 2.31. The third-order valence-electron chi connectivity index (χ3n) is 4.60. The zero-order valence-corrected chi connectivity index (χ0v) is 11.4. The summed E-state index contributed by atoms with van der Waals surface area (Å²) in [5, 5.41) is 0. The predicted octanol–water partition coefficient (Wildman–Crippen LogP) is 3.02. The van der Waals surface area contributed by atoms with Crippen molar-refractivity contribution in [3.05, 3.63) is 0 Å². The predicted molar refractivity (Wildman–Crippen MR) is 72.1 cm³/mol. The van der Waals surface area contributed by atoms with Gasteiger partial charge in [0.25, 0.3) is 0 Å². The second kappa shape index (κ2) is 7.13. The van der Waals surface area contributed by atoms with Crippen molar-refractivity contribution < 1.29 is 9.53 Å². The molecule has 2 aliphatic carbocycles. The SMILES string of the molecule is NCC1CCCCC1C(=O)OC1CCCCCC1. The van der Waals surface area contributed by atoms with Crippen molar-refractivity contribution in [2.45, 2.75) is 70.3 Å². The molecular formula is C15H27NO2. The van der Waals surface area contributed by atoms with Gasteiger partial charge in [-0.3, -0.25) is 4.79 Å². The van der Waals surface area contributed by atoms with Crippen LogP contribution in [-0.4, -0.2) is 18.6 Å². The van der Waals surface area contributed by atoms with Crippen LogP contribution in [-0.2, 0) is 9.53 Å². The van der Waals surface area contributed by atoms with Crippen LogP contribution >= 0.6 is 0 Å². The lowest BCUT2D eigenvalue weighted by Gasteiger charge is -2.30. The van der Waals surface area contributed by atoms with Crippen molar-refractivity contribution in [1.82, 2.24) is 0 Å². The summed E-state index contributed by atoms with van der Waals surface area (Å²) in [6, 6.07) is 0. The second-order valence-corrected chi connectivity index (χ2v) is 5.94. The molecule has 2 aliphatic rings. The number of hydrogen-bond donors (Lipinski definition) is 1. The Balaban J connectivity index is 1.85. The van der Waals surface area contributed by atoms with E-state index in [-0.39, 0.29) is 18.0 Å². The lowest BCUT2D eigenvalue weighted by atomic mass is 9.79. The fraction of sp³-hybridized carbons (Fsp3) is 0.933. The zero-order valence-electron chi connectivity index (χ0n) is 11.4. The van der Waals surface area contributed by atoms with Crippen molar-refractivity contribution in [1.29, 1.82) is 0 Å². The second-order valence-electron chi connectivity index (χ2n) is 5.94. The quantitative estimate of drug-likeness (QED) is 0.621. The van der Waals surface area contributed by atoms with Gasteiger partial charge in [0.15, 0.2) is 0 Å². The number of nitrogens with two attached hydrogens (primary N) is 1. The van der Waals surface area contributed by atoms with Crippen LogP contribution in [0.4, 0.5) is 0 Å². The maximum absolute atomic E-state index is 12.3. The molecule has 3 heteroatoms. The normalized spacial score (nSPS) is 30.7. The first kappa shape index (κ1) is 13.9. The summed E-state index contributed by atoms with van der Waals surface area (Å²) in [6.07, 6.45) is 11.8. The van der Waals surface area contributed by atoms with Gasteiger partial charge in [0.2, 0.25) is 0 Å². The Morgan fingerprint density at radius 2 is 1.56 bits per heavy atom. The van der Waals surface area contributed by atoms with Crippen LogP contribution in [0, 0.1) is 11.8 Å². The van der Waals surface area contributed by atoms with Crippen molar-refractivity contribution in [3.63, 3.8) is 0 Å². The summed E-state index contributed by atoms with van der Waals surface area (Å²) in [5.74, 6) is 0.473. The van der Waals surface area contributed by atoms with E-state index in [1.54, 1.807) is 0 Å². The van der Waals surface area contributed by atoms with E-state index in [1.807, 2.05) is 0 Å². The highest BCUT2D eigenvalue weighted by Gasteiger charge is 2.32. The number of hydrogen-bond acceptors (Lipinski definition) is 3. The summed E-state index contributed by atoms with van der Waals surface area (Å²) >= 11 is 0. The van der Waals surface area contributed by atoms with E-state index in [1.165, 1.54) is 32.1 Å². The first-order valence-corrected chi connectivity index (χ1v) is 7.72. The molecule has 2 fully saturated rings. The van der Waals surface area contributed by atoms with Gasteiger partial charge in [0, 0.05) is 0 Å². The van der Waals surface area contributed by atoms with E-state index in [0.29, 0.717) is 12.5 Å². The average Bonchev–Trinajstić information content (AvgIpc) is 2.67. The van der Waals surface area contributed by atoms with Crippen LogP contribution in [0.2, 0.25) is 0 Å². The Hall–Kier alpha value is -0.570. The molecule has 2 atom stereocenters. The standard InChI is InChI=1S/C15H27NO2/c16-11-12-7-5-6-10-14(12)15(17)18-13-8-3-1-2-4-9-13/h12-14H,1-11,16H2.